The summed E-state index contributed by atoms with van der Waals surface area (Å²) in [6.45, 7) is 3.34. The quantitative estimate of drug-likeness (QED) is 0.745. The van der Waals surface area contributed by atoms with Crippen molar-refractivity contribution < 1.29 is 9.59 Å². The first-order valence-electron chi connectivity index (χ1n) is 6.52. The maximum absolute atomic E-state index is 11.9. The number of hydrogen-bond donors (Lipinski definition) is 3. The molecule has 19 heavy (non-hydrogen) atoms. The molecule has 0 spiro atoms. The van der Waals surface area contributed by atoms with Crippen LogP contribution in [0.3, 0.4) is 0 Å². The molecule has 0 saturated carbocycles. The molecule has 1 fully saturated rings. The van der Waals surface area contributed by atoms with Gasteiger partial charge in [0.05, 0.1) is 4.88 Å². The van der Waals surface area contributed by atoms with Gasteiger partial charge in [-0.15, -0.1) is 11.3 Å². The molecule has 0 aromatic carbocycles. The fourth-order valence-electron chi connectivity index (χ4n) is 2.05. The van der Waals surface area contributed by atoms with Crippen molar-refractivity contribution in [2.75, 3.05) is 13.1 Å². The molecule has 3 N–H and O–H groups in total. The van der Waals surface area contributed by atoms with Crippen molar-refractivity contribution in [2.45, 2.75) is 31.8 Å². The fraction of sp³-hybridized carbons (Fsp3) is 0.538. The van der Waals surface area contributed by atoms with Gasteiger partial charge in [0, 0.05) is 12.6 Å². The highest BCUT2D eigenvalue weighted by molar-refractivity contribution is 7.12. The molecule has 1 aliphatic rings. The molecule has 1 aliphatic heterocycles. The first-order valence-corrected chi connectivity index (χ1v) is 7.40. The van der Waals surface area contributed by atoms with Gasteiger partial charge in [-0.2, -0.15) is 0 Å². The van der Waals surface area contributed by atoms with Crippen LogP contribution in [0.15, 0.2) is 17.5 Å². The van der Waals surface area contributed by atoms with E-state index in [1.165, 1.54) is 11.3 Å². The summed E-state index contributed by atoms with van der Waals surface area (Å²) in [7, 11) is 0. The van der Waals surface area contributed by atoms with E-state index in [1.807, 2.05) is 11.4 Å². The highest BCUT2D eigenvalue weighted by atomic mass is 32.1. The second-order valence-electron chi connectivity index (χ2n) is 4.71. The van der Waals surface area contributed by atoms with Gasteiger partial charge in [-0.05, 0) is 37.8 Å². The van der Waals surface area contributed by atoms with E-state index in [4.69, 9.17) is 0 Å². The number of rotatable bonds is 5. The van der Waals surface area contributed by atoms with Gasteiger partial charge in [0.2, 0.25) is 5.91 Å². The fourth-order valence-corrected chi connectivity index (χ4v) is 2.68. The van der Waals surface area contributed by atoms with E-state index in [0.29, 0.717) is 17.5 Å². The Morgan fingerprint density at radius 1 is 1.58 bits per heavy atom. The second-order valence-corrected chi connectivity index (χ2v) is 5.66. The molecule has 2 heterocycles. The van der Waals surface area contributed by atoms with Crippen molar-refractivity contribution in [1.82, 2.24) is 16.0 Å². The molecule has 1 aromatic rings. The Balaban J connectivity index is 1.74. The molecular formula is C13H19N3O2S. The SMILES string of the molecule is CC(NC(=O)c1cccs1)C(=O)NCC1CCCN1. The van der Waals surface area contributed by atoms with Gasteiger partial charge in [0.1, 0.15) is 6.04 Å². The molecular weight excluding hydrogens is 262 g/mol. The van der Waals surface area contributed by atoms with Crippen molar-refractivity contribution in [3.8, 4) is 0 Å². The maximum Gasteiger partial charge on any atom is 0.261 e. The summed E-state index contributed by atoms with van der Waals surface area (Å²) >= 11 is 1.36. The van der Waals surface area contributed by atoms with Gasteiger partial charge in [-0.25, -0.2) is 0 Å². The van der Waals surface area contributed by atoms with Crippen LogP contribution < -0.4 is 16.0 Å². The molecule has 1 aromatic heterocycles. The zero-order valence-corrected chi connectivity index (χ0v) is 11.8. The van der Waals surface area contributed by atoms with Crippen LogP contribution in [0.25, 0.3) is 0 Å². The average Bonchev–Trinajstić information content (AvgIpc) is 3.08. The molecule has 5 nitrogen and oxygen atoms in total. The third-order valence-corrected chi connectivity index (χ3v) is 4.04. The molecule has 0 aliphatic carbocycles. The van der Waals surface area contributed by atoms with E-state index in [9.17, 15) is 9.59 Å². The lowest BCUT2D eigenvalue weighted by molar-refractivity contribution is -0.122. The number of nitrogens with one attached hydrogen (secondary N) is 3. The Hall–Kier alpha value is -1.40. The third kappa shape index (κ3) is 4.04. The van der Waals surface area contributed by atoms with Crippen LogP contribution in [0.1, 0.15) is 29.4 Å². The Kier molecular flexibility index (Phi) is 4.93. The molecule has 1 saturated heterocycles. The summed E-state index contributed by atoms with van der Waals surface area (Å²) in [5.41, 5.74) is 0. The first-order chi connectivity index (χ1) is 9.16. The van der Waals surface area contributed by atoms with Gasteiger partial charge in [-0.3, -0.25) is 9.59 Å². The highest BCUT2D eigenvalue weighted by Gasteiger charge is 2.19. The second kappa shape index (κ2) is 6.68. The van der Waals surface area contributed by atoms with Gasteiger partial charge < -0.3 is 16.0 Å². The number of carbonyl (C=O) groups excluding carboxylic acids is 2. The van der Waals surface area contributed by atoms with Crippen LogP contribution in [0.2, 0.25) is 0 Å². The van der Waals surface area contributed by atoms with Gasteiger partial charge >= 0.3 is 0 Å². The van der Waals surface area contributed by atoms with Crippen molar-refractivity contribution in [3.63, 3.8) is 0 Å². The normalized spacial score (nSPS) is 19.9. The minimum absolute atomic E-state index is 0.140. The van der Waals surface area contributed by atoms with E-state index in [1.54, 1.807) is 13.0 Å². The molecule has 0 bridgehead atoms. The first kappa shape index (κ1) is 14.0. The summed E-state index contributed by atoms with van der Waals surface area (Å²) in [5, 5.41) is 10.7. The molecule has 2 atom stereocenters. The summed E-state index contributed by atoms with van der Waals surface area (Å²) in [6, 6.07) is 3.41. The Labute approximate surface area is 116 Å². The Bertz CT molecular complexity index is 427. The number of carbonyl (C=O) groups is 2. The summed E-state index contributed by atoms with van der Waals surface area (Å²) < 4.78 is 0. The minimum atomic E-state index is -0.518. The monoisotopic (exact) mass is 281 g/mol. The van der Waals surface area contributed by atoms with Crippen LogP contribution in [-0.2, 0) is 4.79 Å². The lowest BCUT2D eigenvalue weighted by Gasteiger charge is -2.16. The highest BCUT2D eigenvalue weighted by Crippen LogP contribution is 2.08. The van der Waals surface area contributed by atoms with Crippen molar-refractivity contribution in [2.24, 2.45) is 0 Å². The molecule has 2 unspecified atom stereocenters. The van der Waals surface area contributed by atoms with Crippen LogP contribution in [0.4, 0.5) is 0 Å². The van der Waals surface area contributed by atoms with Crippen LogP contribution in [0.5, 0.6) is 0 Å². The van der Waals surface area contributed by atoms with E-state index >= 15 is 0 Å². The molecule has 2 amide bonds. The lowest BCUT2D eigenvalue weighted by atomic mass is 10.2. The summed E-state index contributed by atoms with van der Waals surface area (Å²) in [4.78, 5) is 24.3. The zero-order valence-electron chi connectivity index (χ0n) is 10.9. The van der Waals surface area contributed by atoms with Gasteiger partial charge in [0.25, 0.3) is 5.91 Å². The maximum atomic E-state index is 11.9. The van der Waals surface area contributed by atoms with Crippen LogP contribution >= 0.6 is 11.3 Å². The summed E-state index contributed by atoms with van der Waals surface area (Å²) in [5.74, 6) is -0.338. The lowest BCUT2D eigenvalue weighted by Crippen LogP contribution is -2.47. The topological polar surface area (TPSA) is 70.2 Å². The molecule has 0 radical (unpaired) electrons. The predicted octanol–water partition coefficient (Wildman–Crippen LogP) is 0.735. The molecule has 6 heteroatoms. The van der Waals surface area contributed by atoms with E-state index in [0.717, 1.165) is 19.4 Å². The summed E-state index contributed by atoms with van der Waals surface area (Å²) in [6.07, 6.45) is 2.25. The van der Waals surface area contributed by atoms with E-state index in [-0.39, 0.29) is 11.8 Å². The zero-order chi connectivity index (χ0) is 13.7. The van der Waals surface area contributed by atoms with Crippen molar-refractivity contribution >= 4 is 23.2 Å². The van der Waals surface area contributed by atoms with Crippen LogP contribution in [-0.4, -0.2) is 37.0 Å². The van der Waals surface area contributed by atoms with Crippen molar-refractivity contribution in [3.05, 3.63) is 22.4 Å². The average molecular weight is 281 g/mol. The van der Waals surface area contributed by atoms with E-state index in [2.05, 4.69) is 16.0 Å². The number of hydrogen-bond acceptors (Lipinski definition) is 4. The third-order valence-electron chi connectivity index (χ3n) is 3.17. The predicted molar refractivity (Wildman–Crippen MR) is 75.3 cm³/mol. The minimum Gasteiger partial charge on any atom is -0.353 e. The Morgan fingerprint density at radius 3 is 3.05 bits per heavy atom. The van der Waals surface area contributed by atoms with Gasteiger partial charge in [0.15, 0.2) is 0 Å². The van der Waals surface area contributed by atoms with Crippen LogP contribution in [0, 0.1) is 0 Å². The van der Waals surface area contributed by atoms with Crippen molar-refractivity contribution in [1.29, 1.82) is 0 Å². The standard InChI is InChI=1S/C13H19N3O2S/c1-9(16-13(18)11-5-3-7-19-11)12(17)15-8-10-4-2-6-14-10/h3,5,7,9-10,14H,2,4,6,8H2,1H3,(H,15,17)(H,16,18). The number of thiophene rings is 1. The van der Waals surface area contributed by atoms with E-state index < -0.39 is 6.04 Å². The molecule has 104 valence electrons. The Morgan fingerprint density at radius 2 is 2.42 bits per heavy atom. The number of amides is 2. The molecule has 2 rings (SSSR count). The van der Waals surface area contributed by atoms with Gasteiger partial charge in [-0.1, -0.05) is 6.07 Å². The smallest absolute Gasteiger partial charge is 0.261 e. The largest absolute Gasteiger partial charge is 0.353 e.